The van der Waals surface area contributed by atoms with Crippen molar-refractivity contribution in [3.63, 3.8) is 0 Å². The second kappa shape index (κ2) is 8.43. The van der Waals surface area contributed by atoms with Gasteiger partial charge in [0.05, 0.1) is 18.3 Å². The van der Waals surface area contributed by atoms with Gasteiger partial charge in [0.2, 0.25) is 5.91 Å². The molecule has 0 spiro atoms. The van der Waals surface area contributed by atoms with Crippen molar-refractivity contribution in [3.8, 4) is 5.75 Å². The Balaban J connectivity index is 1.84. The lowest BCUT2D eigenvalue weighted by Crippen LogP contribution is -2.22. The molecule has 31 heavy (non-hydrogen) atoms. The smallest absolute Gasteiger partial charge is 0.259 e. The summed E-state index contributed by atoms with van der Waals surface area (Å²) in [6, 6.07) is 10.8. The monoisotopic (exact) mass is 418 g/mol. The minimum absolute atomic E-state index is 0.0797. The van der Waals surface area contributed by atoms with Gasteiger partial charge in [0.15, 0.2) is 0 Å². The summed E-state index contributed by atoms with van der Waals surface area (Å²) in [6.45, 7) is 2.61. The van der Waals surface area contributed by atoms with Crippen LogP contribution in [0.3, 0.4) is 0 Å². The van der Waals surface area contributed by atoms with Crippen molar-refractivity contribution in [2.45, 2.75) is 19.9 Å². The van der Waals surface area contributed by atoms with Gasteiger partial charge in [0, 0.05) is 48.9 Å². The second-order valence-corrected chi connectivity index (χ2v) is 7.18. The van der Waals surface area contributed by atoms with E-state index in [2.05, 4.69) is 15.6 Å². The van der Waals surface area contributed by atoms with E-state index in [1.807, 2.05) is 22.9 Å². The number of rotatable bonds is 7. The lowest BCUT2D eigenvalue weighted by Gasteiger charge is -2.09. The van der Waals surface area contributed by atoms with Gasteiger partial charge in [-0.2, -0.15) is 0 Å². The maximum absolute atomic E-state index is 12.8. The van der Waals surface area contributed by atoms with E-state index in [1.54, 1.807) is 30.5 Å². The Morgan fingerprint density at radius 2 is 1.84 bits per heavy atom. The van der Waals surface area contributed by atoms with Gasteiger partial charge in [-0.05, 0) is 24.6 Å². The Kier molecular flexibility index (Phi) is 5.53. The number of carbonyl (C=O) groups is 3. The first kappa shape index (κ1) is 20.3. The number of hydrogen-bond acceptors (Lipinski definition) is 5. The van der Waals surface area contributed by atoms with E-state index in [4.69, 9.17) is 4.74 Å². The summed E-state index contributed by atoms with van der Waals surface area (Å²) in [7, 11) is 1.53. The second-order valence-electron chi connectivity index (χ2n) is 7.18. The Bertz CT molecular complexity index is 1230. The molecule has 0 radical (unpaired) electrons. The van der Waals surface area contributed by atoms with Gasteiger partial charge in [-0.3, -0.25) is 19.7 Å². The number of nitrogens with zero attached hydrogens (tertiary/aromatic N) is 2. The van der Waals surface area contributed by atoms with Crippen molar-refractivity contribution >= 4 is 39.9 Å². The van der Waals surface area contributed by atoms with Gasteiger partial charge in [-0.15, -0.1) is 0 Å². The van der Waals surface area contributed by atoms with Crippen LogP contribution in [0.15, 0.2) is 48.8 Å². The van der Waals surface area contributed by atoms with E-state index in [-0.39, 0.29) is 11.5 Å². The van der Waals surface area contributed by atoms with Crippen LogP contribution in [0.4, 0.5) is 0 Å². The number of amides is 3. The number of aryl methyl sites for hydroxylation is 1. The number of para-hydroxylation sites is 1. The number of pyridine rings is 1. The minimum atomic E-state index is -0.458. The largest absolute Gasteiger partial charge is 0.496 e. The van der Waals surface area contributed by atoms with Crippen molar-refractivity contribution in [2.24, 2.45) is 0 Å². The molecule has 3 aromatic rings. The third kappa shape index (κ3) is 3.79. The van der Waals surface area contributed by atoms with Gasteiger partial charge in [0.25, 0.3) is 11.8 Å². The van der Waals surface area contributed by atoms with Gasteiger partial charge >= 0.3 is 0 Å². The molecule has 0 fully saturated rings. The summed E-state index contributed by atoms with van der Waals surface area (Å²) in [5, 5.41) is 5.97. The zero-order valence-corrected chi connectivity index (χ0v) is 17.3. The molecule has 4 rings (SSSR count). The lowest BCUT2D eigenvalue weighted by molar-refractivity contribution is -0.123. The average Bonchev–Trinajstić information content (AvgIpc) is 3.27. The highest BCUT2D eigenvalue weighted by atomic mass is 16.5. The molecule has 2 N–H and O–H groups in total. The van der Waals surface area contributed by atoms with E-state index in [0.29, 0.717) is 47.6 Å². The molecule has 3 heterocycles. The Hall–Kier alpha value is -3.94. The summed E-state index contributed by atoms with van der Waals surface area (Å²) < 4.78 is 7.37. The maximum atomic E-state index is 12.8. The fraction of sp³-hybridized carbons (Fsp3) is 0.217. The molecule has 0 aliphatic carbocycles. The number of ether oxygens (including phenoxy) is 1. The molecule has 8 nitrogen and oxygen atoms in total. The Morgan fingerprint density at radius 3 is 2.58 bits per heavy atom. The van der Waals surface area contributed by atoms with Crippen LogP contribution in [0.1, 0.15) is 24.5 Å². The van der Waals surface area contributed by atoms with Crippen molar-refractivity contribution < 1.29 is 19.1 Å². The van der Waals surface area contributed by atoms with Crippen LogP contribution in [0, 0.1) is 0 Å². The van der Waals surface area contributed by atoms with Gasteiger partial charge in [-0.25, -0.2) is 4.98 Å². The highest BCUT2D eigenvalue weighted by Gasteiger charge is 2.35. The molecule has 0 saturated heterocycles. The average molecular weight is 418 g/mol. The third-order valence-electron chi connectivity index (χ3n) is 5.16. The van der Waals surface area contributed by atoms with E-state index >= 15 is 0 Å². The molecule has 1 aliphatic rings. The van der Waals surface area contributed by atoms with Crippen molar-refractivity contribution in [2.75, 3.05) is 13.7 Å². The van der Waals surface area contributed by atoms with Crippen LogP contribution in [-0.2, 0) is 20.9 Å². The van der Waals surface area contributed by atoms with E-state index in [1.165, 1.54) is 14.0 Å². The van der Waals surface area contributed by atoms with Crippen LogP contribution in [0.25, 0.3) is 22.2 Å². The molecule has 0 bridgehead atoms. The molecule has 0 atom stereocenters. The normalized spacial score (nSPS) is 13.6. The highest BCUT2D eigenvalue weighted by Crippen LogP contribution is 2.38. The van der Waals surface area contributed by atoms with Crippen LogP contribution in [0.5, 0.6) is 5.75 Å². The van der Waals surface area contributed by atoms with Crippen molar-refractivity contribution in [1.29, 1.82) is 0 Å². The first-order valence-corrected chi connectivity index (χ1v) is 9.93. The van der Waals surface area contributed by atoms with Gasteiger partial charge in [0.1, 0.15) is 11.4 Å². The molecule has 0 saturated carbocycles. The number of nitrogens with one attached hydrogen (secondary N) is 2. The van der Waals surface area contributed by atoms with Crippen LogP contribution < -0.4 is 15.4 Å². The minimum Gasteiger partial charge on any atom is -0.496 e. The third-order valence-corrected chi connectivity index (χ3v) is 5.16. The molecule has 3 amide bonds. The summed E-state index contributed by atoms with van der Waals surface area (Å²) in [5.74, 6) is -0.479. The predicted molar refractivity (Wildman–Crippen MR) is 116 cm³/mol. The predicted octanol–water partition coefficient (Wildman–Crippen LogP) is 2.14. The first-order chi connectivity index (χ1) is 15.0. The van der Waals surface area contributed by atoms with E-state index in [0.717, 1.165) is 5.39 Å². The van der Waals surface area contributed by atoms with Gasteiger partial charge in [-0.1, -0.05) is 18.2 Å². The van der Waals surface area contributed by atoms with Crippen LogP contribution in [-0.4, -0.2) is 40.9 Å². The van der Waals surface area contributed by atoms with Crippen molar-refractivity contribution in [3.05, 3.63) is 59.9 Å². The van der Waals surface area contributed by atoms with E-state index in [9.17, 15) is 14.4 Å². The first-order valence-electron chi connectivity index (χ1n) is 9.93. The number of carbonyl (C=O) groups excluding carboxylic acids is 3. The van der Waals surface area contributed by atoms with Gasteiger partial charge < -0.3 is 14.6 Å². The number of benzene rings is 1. The number of fused-ring (bicyclic) bond motifs is 1. The van der Waals surface area contributed by atoms with Crippen molar-refractivity contribution in [1.82, 2.24) is 20.2 Å². The Labute approximate surface area is 178 Å². The molecule has 0 unspecified atom stereocenters. The number of methoxy groups -OCH3 is 1. The zero-order chi connectivity index (χ0) is 22.0. The fourth-order valence-electron chi connectivity index (χ4n) is 3.83. The lowest BCUT2D eigenvalue weighted by atomic mass is 9.96. The maximum Gasteiger partial charge on any atom is 0.259 e. The van der Waals surface area contributed by atoms with E-state index < -0.39 is 11.8 Å². The molecule has 2 aromatic heterocycles. The molecular formula is C23H22N4O4. The fourth-order valence-corrected chi connectivity index (χ4v) is 3.83. The quantitative estimate of drug-likeness (QED) is 0.452. The standard InChI is InChI=1S/C23H22N4O4/c1-14(28)24-11-6-12-27-13-17(15-8-5-10-25-21(15)27)20-19(22(29)26-23(20)30)16-7-3-4-9-18(16)31-2/h3-5,7-10,13H,6,11-12H2,1-2H3,(H,24,28)(H,26,29,30). The number of imide groups is 1. The molecule has 1 aliphatic heterocycles. The molecule has 1 aromatic carbocycles. The molecular weight excluding hydrogens is 396 g/mol. The summed E-state index contributed by atoms with van der Waals surface area (Å²) in [5.41, 5.74) is 2.47. The molecule has 8 heteroatoms. The number of aromatic nitrogens is 2. The summed E-state index contributed by atoms with van der Waals surface area (Å²) >= 11 is 0. The SMILES string of the molecule is COc1ccccc1C1=C(c2cn(CCCNC(C)=O)c3ncccc23)C(=O)NC1=O. The Morgan fingerprint density at radius 1 is 1.10 bits per heavy atom. The number of hydrogen-bond donors (Lipinski definition) is 2. The molecule has 158 valence electrons. The topological polar surface area (TPSA) is 102 Å². The van der Waals surface area contributed by atoms with Crippen LogP contribution >= 0.6 is 0 Å². The summed E-state index contributed by atoms with van der Waals surface area (Å²) in [6.07, 6.45) is 4.23. The van der Waals surface area contributed by atoms with Crippen LogP contribution in [0.2, 0.25) is 0 Å². The zero-order valence-electron chi connectivity index (χ0n) is 17.3. The highest BCUT2D eigenvalue weighted by molar-refractivity contribution is 6.50. The summed E-state index contributed by atoms with van der Waals surface area (Å²) in [4.78, 5) is 41.2.